The summed E-state index contributed by atoms with van der Waals surface area (Å²) >= 11 is 1.17. The Morgan fingerprint density at radius 1 is 1.37 bits per heavy atom. The largest absolute Gasteiger partial charge is 0.466 e. The summed E-state index contributed by atoms with van der Waals surface area (Å²) in [5.74, 6) is -1.54. The number of methoxy groups -OCH3 is 1. The zero-order valence-electron chi connectivity index (χ0n) is 11.0. The molecule has 104 valence electrons. The van der Waals surface area contributed by atoms with Crippen molar-refractivity contribution in [2.24, 2.45) is 0 Å². The minimum Gasteiger partial charge on any atom is -0.466 e. The van der Waals surface area contributed by atoms with Gasteiger partial charge in [-0.3, -0.25) is 9.59 Å². The molecule has 0 radical (unpaired) electrons. The van der Waals surface area contributed by atoms with Gasteiger partial charge in [0.2, 0.25) is 5.91 Å². The van der Waals surface area contributed by atoms with E-state index in [2.05, 4.69) is 4.74 Å². The molecule has 0 atom stereocenters. The fourth-order valence-corrected chi connectivity index (χ4v) is 2.24. The molecule has 0 unspecified atom stereocenters. The zero-order chi connectivity index (χ0) is 14.4. The number of anilines is 1. The summed E-state index contributed by atoms with van der Waals surface area (Å²) in [6.07, 6.45) is -0.360. The summed E-state index contributed by atoms with van der Waals surface area (Å²) in [5.41, 5.74) is 0.422. The third-order valence-corrected chi connectivity index (χ3v) is 3.24. The predicted molar refractivity (Wildman–Crippen MR) is 70.3 cm³/mol. The van der Waals surface area contributed by atoms with Crippen LogP contribution >= 0.6 is 11.3 Å². The number of hydrogen-bond donors (Lipinski definition) is 0. The SMILES string of the molecule is CCOC(=O)CC(=O)N(C)c1ccsc1C(=O)OC. The molecule has 1 aromatic rings. The Hall–Kier alpha value is -1.89. The molecule has 1 amide bonds. The maximum absolute atomic E-state index is 11.9. The van der Waals surface area contributed by atoms with Gasteiger partial charge in [-0.15, -0.1) is 11.3 Å². The number of nitrogens with zero attached hydrogens (tertiary/aromatic N) is 1. The molecule has 0 saturated heterocycles. The lowest BCUT2D eigenvalue weighted by Gasteiger charge is -2.16. The van der Waals surface area contributed by atoms with Gasteiger partial charge in [-0.2, -0.15) is 0 Å². The van der Waals surface area contributed by atoms with Crippen molar-refractivity contribution in [1.29, 1.82) is 0 Å². The van der Waals surface area contributed by atoms with Crippen LogP contribution in [0.15, 0.2) is 11.4 Å². The van der Waals surface area contributed by atoms with Gasteiger partial charge < -0.3 is 14.4 Å². The van der Waals surface area contributed by atoms with E-state index in [0.29, 0.717) is 10.6 Å². The Bertz CT molecular complexity index is 482. The van der Waals surface area contributed by atoms with E-state index in [4.69, 9.17) is 4.74 Å². The Balaban J connectivity index is 2.80. The van der Waals surface area contributed by atoms with Crippen LogP contribution < -0.4 is 4.90 Å². The topological polar surface area (TPSA) is 72.9 Å². The van der Waals surface area contributed by atoms with Gasteiger partial charge in [0.05, 0.1) is 19.4 Å². The van der Waals surface area contributed by atoms with E-state index in [9.17, 15) is 14.4 Å². The van der Waals surface area contributed by atoms with Crippen molar-refractivity contribution < 1.29 is 23.9 Å². The highest BCUT2D eigenvalue weighted by Crippen LogP contribution is 2.26. The molecule has 19 heavy (non-hydrogen) atoms. The molecule has 7 heteroatoms. The molecule has 0 spiro atoms. The van der Waals surface area contributed by atoms with E-state index in [1.54, 1.807) is 18.4 Å². The highest BCUT2D eigenvalue weighted by atomic mass is 32.1. The minimum absolute atomic E-state index is 0.224. The number of carbonyl (C=O) groups is 3. The van der Waals surface area contributed by atoms with Crippen molar-refractivity contribution in [3.63, 3.8) is 0 Å². The van der Waals surface area contributed by atoms with Crippen LogP contribution in [0.4, 0.5) is 5.69 Å². The standard InChI is InChI=1S/C12H15NO5S/c1-4-18-10(15)7-9(14)13(2)8-5-6-19-11(8)12(16)17-3/h5-6H,4,7H2,1-3H3. The van der Waals surface area contributed by atoms with Gasteiger partial charge in [0.25, 0.3) is 0 Å². The summed E-state index contributed by atoms with van der Waals surface area (Å²) in [4.78, 5) is 36.2. The van der Waals surface area contributed by atoms with Crippen molar-refractivity contribution >= 4 is 34.9 Å². The highest BCUT2D eigenvalue weighted by Gasteiger charge is 2.22. The fourth-order valence-electron chi connectivity index (χ4n) is 1.40. The van der Waals surface area contributed by atoms with Crippen LogP contribution in [0.25, 0.3) is 0 Å². The van der Waals surface area contributed by atoms with Gasteiger partial charge in [0.15, 0.2) is 0 Å². The molecule has 0 saturated carbocycles. The summed E-state index contributed by atoms with van der Waals surface area (Å²) in [6, 6.07) is 1.62. The van der Waals surface area contributed by atoms with Crippen LogP contribution in [-0.2, 0) is 19.1 Å². The first-order valence-electron chi connectivity index (χ1n) is 5.59. The predicted octanol–water partition coefficient (Wildman–Crippen LogP) is 1.45. The third kappa shape index (κ3) is 3.78. The molecule has 0 fully saturated rings. The first kappa shape index (κ1) is 15.2. The second kappa shape index (κ2) is 6.89. The first-order chi connectivity index (χ1) is 9.01. The lowest BCUT2D eigenvalue weighted by atomic mass is 10.3. The Morgan fingerprint density at radius 2 is 2.05 bits per heavy atom. The zero-order valence-corrected chi connectivity index (χ0v) is 11.8. The Kier molecular flexibility index (Phi) is 5.50. The van der Waals surface area contributed by atoms with Crippen molar-refractivity contribution in [2.75, 3.05) is 25.7 Å². The molecule has 0 bridgehead atoms. The third-order valence-electron chi connectivity index (χ3n) is 2.35. The summed E-state index contributed by atoms with van der Waals surface area (Å²) < 4.78 is 9.33. The minimum atomic E-state index is -0.589. The lowest BCUT2D eigenvalue weighted by Crippen LogP contribution is -2.29. The van der Waals surface area contributed by atoms with Crippen LogP contribution in [0.2, 0.25) is 0 Å². The number of amides is 1. The van der Waals surface area contributed by atoms with Crippen molar-refractivity contribution in [1.82, 2.24) is 0 Å². The van der Waals surface area contributed by atoms with Crippen LogP contribution in [-0.4, -0.2) is 38.6 Å². The number of thiophene rings is 1. The summed E-state index contributed by atoms with van der Waals surface area (Å²) in [6.45, 7) is 1.89. The maximum atomic E-state index is 11.9. The summed E-state index contributed by atoms with van der Waals surface area (Å²) in [5, 5.41) is 1.68. The number of hydrogen-bond acceptors (Lipinski definition) is 6. The molecule has 1 rings (SSSR count). The average molecular weight is 285 g/mol. The van der Waals surface area contributed by atoms with E-state index in [1.165, 1.54) is 30.4 Å². The second-order valence-electron chi connectivity index (χ2n) is 3.56. The molecule has 0 aromatic carbocycles. The first-order valence-corrected chi connectivity index (χ1v) is 6.47. The van der Waals surface area contributed by atoms with Gasteiger partial charge >= 0.3 is 11.9 Å². The number of esters is 2. The number of ether oxygens (including phenoxy) is 2. The molecular formula is C12H15NO5S. The maximum Gasteiger partial charge on any atom is 0.350 e. The second-order valence-corrected chi connectivity index (χ2v) is 4.48. The Labute approximate surface area is 114 Å². The van der Waals surface area contributed by atoms with E-state index in [1.807, 2.05) is 0 Å². The van der Waals surface area contributed by atoms with Gasteiger partial charge in [0.1, 0.15) is 11.3 Å². The van der Waals surface area contributed by atoms with Crippen molar-refractivity contribution in [2.45, 2.75) is 13.3 Å². The van der Waals surface area contributed by atoms with Crippen LogP contribution in [0.3, 0.4) is 0 Å². The van der Waals surface area contributed by atoms with Crippen LogP contribution in [0.1, 0.15) is 23.0 Å². The number of carbonyl (C=O) groups excluding carboxylic acids is 3. The fraction of sp³-hybridized carbons (Fsp3) is 0.417. The molecule has 0 aliphatic heterocycles. The molecule has 1 aromatic heterocycles. The number of rotatable bonds is 5. The molecule has 0 N–H and O–H groups in total. The average Bonchev–Trinajstić information content (AvgIpc) is 2.86. The summed E-state index contributed by atoms with van der Waals surface area (Å²) in [7, 11) is 2.77. The van der Waals surface area contributed by atoms with Gasteiger partial charge in [-0.25, -0.2) is 4.79 Å². The van der Waals surface area contributed by atoms with E-state index in [0.717, 1.165) is 0 Å². The van der Waals surface area contributed by atoms with Gasteiger partial charge in [0, 0.05) is 7.05 Å². The van der Waals surface area contributed by atoms with Crippen molar-refractivity contribution in [3.05, 3.63) is 16.3 Å². The quantitative estimate of drug-likeness (QED) is 0.605. The molecule has 6 nitrogen and oxygen atoms in total. The molecule has 0 aliphatic rings. The molecule has 0 aliphatic carbocycles. The van der Waals surface area contributed by atoms with E-state index >= 15 is 0 Å². The molecule has 1 heterocycles. The lowest BCUT2D eigenvalue weighted by molar-refractivity contribution is -0.145. The van der Waals surface area contributed by atoms with Crippen LogP contribution in [0.5, 0.6) is 0 Å². The van der Waals surface area contributed by atoms with E-state index < -0.39 is 17.8 Å². The van der Waals surface area contributed by atoms with Crippen molar-refractivity contribution in [3.8, 4) is 0 Å². The Morgan fingerprint density at radius 3 is 2.63 bits per heavy atom. The van der Waals surface area contributed by atoms with E-state index in [-0.39, 0.29) is 13.0 Å². The molecular weight excluding hydrogens is 270 g/mol. The van der Waals surface area contributed by atoms with Gasteiger partial charge in [-0.05, 0) is 18.4 Å². The monoisotopic (exact) mass is 285 g/mol. The van der Waals surface area contributed by atoms with Crippen LogP contribution in [0, 0.1) is 0 Å². The van der Waals surface area contributed by atoms with Gasteiger partial charge in [-0.1, -0.05) is 0 Å². The normalized spacial score (nSPS) is 9.84. The smallest absolute Gasteiger partial charge is 0.350 e. The highest BCUT2D eigenvalue weighted by molar-refractivity contribution is 7.12.